The number of thiophene rings is 1. The molecule has 1 amide bonds. The van der Waals surface area contributed by atoms with E-state index in [-0.39, 0.29) is 11.8 Å². The van der Waals surface area contributed by atoms with Crippen molar-refractivity contribution in [1.82, 2.24) is 15.0 Å². The lowest BCUT2D eigenvalue weighted by Gasteiger charge is -2.15. The second kappa shape index (κ2) is 8.02. The SMILES string of the molecule is COc1ccc(-c2noc(C3CC(=O)N(CCc4cccs4)C3)n2)cc1OC. The zero-order valence-electron chi connectivity index (χ0n) is 15.8. The molecule has 28 heavy (non-hydrogen) atoms. The molecule has 0 spiro atoms. The number of hydrogen-bond acceptors (Lipinski definition) is 7. The summed E-state index contributed by atoms with van der Waals surface area (Å²) in [5.74, 6) is 2.27. The number of carbonyl (C=O) groups excluding carboxylic acids is 1. The standard InChI is InChI=1S/C20H21N3O4S/c1-25-16-6-5-13(10-17(16)26-2)19-21-20(27-22-19)14-11-18(24)23(12-14)8-7-15-4-3-9-28-15/h3-6,9-10,14H,7-8,11-12H2,1-2H3. The molecular formula is C20H21N3O4S. The van der Waals surface area contributed by atoms with E-state index >= 15 is 0 Å². The van der Waals surface area contributed by atoms with Crippen molar-refractivity contribution < 1.29 is 18.8 Å². The maximum atomic E-state index is 12.4. The van der Waals surface area contributed by atoms with Gasteiger partial charge in [-0.25, -0.2) is 0 Å². The molecular weight excluding hydrogens is 378 g/mol. The van der Waals surface area contributed by atoms with Gasteiger partial charge >= 0.3 is 0 Å². The van der Waals surface area contributed by atoms with Crippen LogP contribution in [0.3, 0.4) is 0 Å². The maximum absolute atomic E-state index is 12.4. The monoisotopic (exact) mass is 399 g/mol. The molecule has 0 saturated carbocycles. The topological polar surface area (TPSA) is 77.7 Å². The number of likely N-dealkylation sites (tertiary alicyclic amines) is 1. The minimum Gasteiger partial charge on any atom is -0.493 e. The molecule has 2 aromatic heterocycles. The van der Waals surface area contributed by atoms with Crippen LogP contribution in [-0.2, 0) is 11.2 Å². The summed E-state index contributed by atoms with van der Waals surface area (Å²) < 4.78 is 16.1. The Kier molecular flexibility index (Phi) is 5.29. The van der Waals surface area contributed by atoms with E-state index in [1.54, 1.807) is 37.7 Å². The number of methoxy groups -OCH3 is 2. The van der Waals surface area contributed by atoms with Gasteiger partial charge in [0.15, 0.2) is 11.5 Å². The van der Waals surface area contributed by atoms with Crippen LogP contribution in [0.25, 0.3) is 11.4 Å². The van der Waals surface area contributed by atoms with Crippen LogP contribution in [0.4, 0.5) is 0 Å². The highest BCUT2D eigenvalue weighted by Gasteiger charge is 2.34. The van der Waals surface area contributed by atoms with Gasteiger partial charge in [0.1, 0.15) is 0 Å². The van der Waals surface area contributed by atoms with Crippen LogP contribution < -0.4 is 9.47 Å². The van der Waals surface area contributed by atoms with Crippen LogP contribution >= 0.6 is 11.3 Å². The summed E-state index contributed by atoms with van der Waals surface area (Å²) in [4.78, 5) is 20.0. The molecule has 8 heteroatoms. The largest absolute Gasteiger partial charge is 0.493 e. The quantitative estimate of drug-likeness (QED) is 0.606. The van der Waals surface area contributed by atoms with Gasteiger partial charge in [-0.3, -0.25) is 4.79 Å². The Bertz CT molecular complexity index is 954. The van der Waals surface area contributed by atoms with E-state index in [2.05, 4.69) is 21.6 Å². The van der Waals surface area contributed by atoms with Crippen molar-refractivity contribution in [2.75, 3.05) is 27.3 Å². The van der Waals surface area contributed by atoms with Crippen LogP contribution in [0.1, 0.15) is 23.1 Å². The van der Waals surface area contributed by atoms with Crippen molar-refractivity contribution in [1.29, 1.82) is 0 Å². The Labute approximate surface area is 166 Å². The van der Waals surface area contributed by atoms with Gasteiger partial charge in [0.25, 0.3) is 0 Å². The van der Waals surface area contributed by atoms with Gasteiger partial charge in [0.2, 0.25) is 17.6 Å². The van der Waals surface area contributed by atoms with Crippen LogP contribution in [0.5, 0.6) is 11.5 Å². The molecule has 146 valence electrons. The van der Waals surface area contributed by atoms with Crippen molar-refractivity contribution in [3.8, 4) is 22.9 Å². The van der Waals surface area contributed by atoms with Crippen molar-refractivity contribution >= 4 is 17.2 Å². The van der Waals surface area contributed by atoms with E-state index in [4.69, 9.17) is 14.0 Å². The lowest BCUT2D eigenvalue weighted by molar-refractivity contribution is -0.127. The highest BCUT2D eigenvalue weighted by atomic mass is 32.1. The molecule has 1 unspecified atom stereocenters. The highest BCUT2D eigenvalue weighted by Crippen LogP contribution is 2.33. The molecule has 4 rings (SSSR count). The fourth-order valence-corrected chi connectivity index (χ4v) is 4.05. The predicted octanol–water partition coefficient (Wildman–Crippen LogP) is 3.37. The van der Waals surface area contributed by atoms with Crippen molar-refractivity contribution in [2.24, 2.45) is 0 Å². The molecule has 1 atom stereocenters. The van der Waals surface area contributed by atoms with Gasteiger partial charge in [-0.1, -0.05) is 11.2 Å². The van der Waals surface area contributed by atoms with Gasteiger partial charge in [0, 0.05) is 30.0 Å². The highest BCUT2D eigenvalue weighted by molar-refractivity contribution is 7.09. The summed E-state index contributed by atoms with van der Waals surface area (Å²) in [6.45, 7) is 1.32. The van der Waals surface area contributed by atoms with Gasteiger partial charge in [-0.2, -0.15) is 4.98 Å². The van der Waals surface area contributed by atoms with E-state index in [1.807, 2.05) is 17.0 Å². The summed E-state index contributed by atoms with van der Waals surface area (Å²) in [5, 5.41) is 6.14. The number of carbonyl (C=O) groups is 1. The first-order valence-electron chi connectivity index (χ1n) is 9.04. The third-order valence-corrected chi connectivity index (χ3v) is 5.79. The van der Waals surface area contributed by atoms with E-state index in [0.29, 0.717) is 42.7 Å². The van der Waals surface area contributed by atoms with Crippen LogP contribution in [0.15, 0.2) is 40.2 Å². The third-order valence-electron chi connectivity index (χ3n) is 4.86. The lowest BCUT2D eigenvalue weighted by Crippen LogP contribution is -2.27. The van der Waals surface area contributed by atoms with Crippen molar-refractivity contribution in [3.63, 3.8) is 0 Å². The molecule has 1 aliphatic rings. The second-order valence-electron chi connectivity index (χ2n) is 6.60. The van der Waals surface area contributed by atoms with Gasteiger partial charge in [-0.05, 0) is 36.1 Å². The molecule has 1 aromatic carbocycles. The molecule has 0 aliphatic carbocycles. The molecule has 1 fully saturated rings. The molecule has 0 bridgehead atoms. The van der Waals surface area contributed by atoms with Crippen molar-refractivity contribution in [3.05, 3.63) is 46.5 Å². The summed E-state index contributed by atoms with van der Waals surface area (Å²) in [7, 11) is 3.17. The average Bonchev–Trinajstić information content (AvgIpc) is 3.46. The fourth-order valence-electron chi connectivity index (χ4n) is 3.35. The summed E-state index contributed by atoms with van der Waals surface area (Å²) in [5.41, 5.74) is 0.770. The molecule has 0 radical (unpaired) electrons. The van der Waals surface area contributed by atoms with Crippen LogP contribution in [-0.4, -0.2) is 48.3 Å². The van der Waals surface area contributed by atoms with E-state index < -0.39 is 0 Å². The number of rotatable bonds is 7. The second-order valence-corrected chi connectivity index (χ2v) is 7.63. The minimum atomic E-state index is -0.0720. The van der Waals surface area contributed by atoms with Crippen LogP contribution in [0, 0.1) is 0 Å². The molecule has 7 nitrogen and oxygen atoms in total. The third kappa shape index (κ3) is 3.73. The zero-order chi connectivity index (χ0) is 19.5. The average molecular weight is 399 g/mol. The number of aromatic nitrogens is 2. The fraction of sp³-hybridized carbons (Fsp3) is 0.350. The maximum Gasteiger partial charge on any atom is 0.232 e. The van der Waals surface area contributed by atoms with Gasteiger partial charge in [0.05, 0.1) is 20.1 Å². The van der Waals surface area contributed by atoms with E-state index in [0.717, 1.165) is 12.0 Å². The Morgan fingerprint density at radius 1 is 1.25 bits per heavy atom. The molecule has 3 aromatic rings. The number of ether oxygens (including phenoxy) is 2. The Morgan fingerprint density at radius 3 is 2.86 bits per heavy atom. The first-order valence-corrected chi connectivity index (χ1v) is 9.92. The summed E-state index contributed by atoms with van der Waals surface area (Å²) in [6, 6.07) is 9.58. The number of hydrogen-bond donors (Lipinski definition) is 0. The molecule has 1 aliphatic heterocycles. The first-order chi connectivity index (χ1) is 13.7. The first kappa shape index (κ1) is 18.5. The van der Waals surface area contributed by atoms with Gasteiger partial charge in [-0.15, -0.1) is 11.3 Å². The van der Waals surface area contributed by atoms with E-state index in [9.17, 15) is 4.79 Å². The van der Waals surface area contributed by atoms with Crippen LogP contribution in [0.2, 0.25) is 0 Å². The Hall–Kier alpha value is -2.87. The van der Waals surface area contributed by atoms with E-state index in [1.165, 1.54) is 4.88 Å². The number of amides is 1. The summed E-state index contributed by atoms with van der Waals surface area (Å²) >= 11 is 1.71. The number of benzene rings is 1. The normalized spacial score (nSPS) is 16.6. The Morgan fingerprint density at radius 2 is 2.11 bits per heavy atom. The molecule has 1 saturated heterocycles. The minimum absolute atomic E-state index is 0.0720. The zero-order valence-corrected chi connectivity index (χ0v) is 16.6. The summed E-state index contributed by atoms with van der Waals surface area (Å²) in [6.07, 6.45) is 1.27. The number of nitrogens with zero attached hydrogens (tertiary/aromatic N) is 3. The van der Waals surface area contributed by atoms with Crippen molar-refractivity contribution in [2.45, 2.75) is 18.8 Å². The lowest BCUT2D eigenvalue weighted by atomic mass is 10.1. The molecule has 3 heterocycles. The smallest absolute Gasteiger partial charge is 0.232 e. The van der Waals surface area contributed by atoms with Gasteiger partial charge < -0.3 is 18.9 Å². The Balaban J connectivity index is 1.45. The predicted molar refractivity (Wildman–Crippen MR) is 105 cm³/mol. The molecule has 0 N–H and O–H groups in total.